The molecule has 0 N–H and O–H groups in total. The van der Waals surface area contributed by atoms with E-state index in [0.29, 0.717) is 0 Å². The molecule has 0 saturated carbocycles. The van der Waals surface area contributed by atoms with Crippen LogP contribution >= 0.6 is 15.9 Å². The third kappa shape index (κ3) is 3.86. The number of hydrogen-bond donors (Lipinski definition) is 0. The topological polar surface area (TPSA) is 22.1 Å². The number of hydrogen-bond acceptors (Lipinski definition) is 2. The van der Waals surface area contributed by atoms with E-state index in [1.54, 1.807) is 0 Å². The summed E-state index contributed by atoms with van der Waals surface area (Å²) in [5.41, 5.74) is 8.87. The molecular formula is C32H24BrNO. The normalized spacial score (nSPS) is 13.2. The van der Waals surface area contributed by atoms with Gasteiger partial charge in [0.05, 0.1) is 11.4 Å². The summed E-state index contributed by atoms with van der Waals surface area (Å²) in [7, 11) is 0. The molecule has 4 aromatic carbocycles. The minimum Gasteiger partial charge on any atom is -0.457 e. The number of pyridine rings is 1. The van der Waals surface area contributed by atoms with Gasteiger partial charge in [0.2, 0.25) is 0 Å². The van der Waals surface area contributed by atoms with Gasteiger partial charge >= 0.3 is 0 Å². The zero-order valence-corrected chi connectivity index (χ0v) is 21.2. The predicted octanol–water partition coefficient (Wildman–Crippen LogP) is 9.28. The third-order valence-corrected chi connectivity index (χ3v) is 7.28. The molecule has 170 valence electrons. The molecule has 1 aliphatic rings. The van der Waals surface area contributed by atoms with Crippen LogP contribution in [0.25, 0.3) is 33.6 Å². The Morgan fingerprint density at radius 2 is 1.37 bits per heavy atom. The Balaban J connectivity index is 1.55. The summed E-state index contributed by atoms with van der Waals surface area (Å²) in [6.45, 7) is 4.58. The van der Waals surface area contributed by atoms with Crippen LogP contribution < -0.4 is 4.74 Å². The fourth-order valence-corrected chi connectivity index (χ4v) is 5.41. The van der Waals surface area contributed by atoms with Crippen molar-refractivity contribution in [2.24, 2.45) is 0 Å². The summed E-state index contributed by atoms with van der Waals surface area (Å²) in [5.74, 6) is 1.65. The van der Waals surface area contributed by atoms with Crippen LogP contribution in [0.15, 0.2) is 114 Å². The van der Waals surface area contributed by atoms with Gasteiger partial charge in [-0.05, 0) is 59.2 Å². The highest BCUT2D eigenvalue weighted by molar-refractivity contribution is 9.10. The summed E-state index contributed by atoms with van der Waals surface area (Å²) in [6, 6.07) is 37.6. The van der Waals surface area contributed by atoms with Crippen molar-refractivity contribution in [1.82, 2.24) is 4.98 Å². The first-order valence-electron chi connectivity index (χ1n) is 11.8. The number of halogens is 1. The molecule has 0 unspecified atom stereocenters. The SMILES string of the molecule is CC1(C)c2ccccc2-c2c(Oc3cccc(Br)c3)cc(-c3cccc(-c4ccccc4)n3)cc21. The lowest BCUT2D eigenvalue weighted by molar-refractivity contribution is 0.483. The van der Waals surface area contributed by atoms with Crippen molar-refractivity contribution in [2.75, 3.05) is 0 Å². The van der Waals surface area contributed by atoms with Gasteiger partial charge in [0.1, 0.15) is 11.5 Å². The summed E-state index contributed by atoms with van der Waals surface area (Å²) >= 11 is 3.57. The second-order valence-corrected chi connectivity index (χ2v) is 10.3. The highest BCUT2D eigenvalue weighted by atomic mass is 79.9. The minimum absolute atomic E-state index is 0.144. The molecular weight excluding hydrogens is 494 g/mol. The number of ether oxygens (including phenoxy) is 1. The minimum atomic E-state index is -0.144. The quantitative estimate of drug-likeness (QED) is 0.237. The highest BCUT2D eigenvalue weighted by Crippen LogP contribution is 2.54. The largest absolute Gasteiger partial charge is 0.457 e. The molecule has 0 amide bonds. The molecule has 5 aromatic rings. The maximum atomic E-state index is 6.57. The lowest BCUT2D eigenvalue weighted by Gasteiger charge is -2.22. The molecule has 0 spiro atoms. The average Bonchev–Trinajstić information content (AvgIpc) is 3.12. The molecule has 0 saturated heterocycles. The van der Waals surface area contributed by atoms with Crippen LogP contribution in [-0.2, 0) is 5.41 Å². The second-order valence-electron chi connectivity index (χ2n) is 9.40. The standard InChI is InChI=1S/C32H24BrNO/c1-32(2)26-15-7-6-14-25(26)31-27(32)18-22(19-30(31)35-24-13-8-12-23(33)20-24)29-17-9-16-28(34-29)21-10-4-3-5-11-21/h3-20H,1-2H3. The van der Waals surface area contributed by atoms with Gasteiger partial charge in [-0.15, -0.1) is 0 Å². The van der Waals surface area contributed by atoms with E-state index < -0.39 is 0 Å². The molecule has 35 heavy (non-hydrogen) atoms. The van der Waals surface area contributed by atoms with E-state index in [1.165, 1.54) is 16.7 Å². The number of benzene rings is 4. The Labute approximate surface area is 214 Å². The van der Waals surface area contributed by atoms with Gasteiger partial charge in [0.15, 0.2) is 0 Å². The molecule has 3 heteroatoms. The molecule has 0 atom stereocenters. The van der Waals surface area contributed by atoms with Crippen LogP contribution in [0.2, 0.25) is 0 Å². The highest BCUT2D eigenvalue weighted by Gasteiger charge is 2.38. The lowest BCUT2D eigenvalue weighted by Crippen LogP contribution is -2.15. The Morgan fingerprint density at radius 1 is 0.657 bits per heavy atom. The van der Waals surface area contributed by atoms with E-state index in [-0.39, 0.29) is 5.41 Å². The summed E-state index contributed by atoms with van der Waals surface area (Å²) in [4.78, 5) is 5.03. The molecule has 2 nitrogen and oxygen atoms in total. The second kappa shape index (κ2) is 8.51. The fraction of sp³-hybridized carbons (Fsp3) is 0.0938. The van der Waals surface area contributed by atoms with E-state index in [0.717, 1.165) is 44.0 Å². The van der Waals surface area contributed by atoms with E-state index in [9.17, 15) is 0 Å². The molecule has 1 heterocycles. The molecule has 0 aliphatic heterocycles. The number of fused-ring (bicyclic) bond motifs is 3. The van der Waals surface area contributed by atoms with Crippen LogP contribution in [0.4, 0.5) is 0 Å². The Morgan fingerprint density at radius 3 is 2.17 bits per heavy atom. The zero-order chi connectivity index (χ0) is 24.0. The van der Waals surface area contributed by atoms with Crippen molar-refractivity contribution < 1.29 is 4.74 Å². The van der Waals surface area contributed by atoms with E-state index in [4.69, 9.17) is 9.72 Å². The van der Waals surface area contributed by atoms with Crippen molar-refractivity contribution in [3.63, 3.8) is 0 Å². The van der Waals surface area contributed by atoms with Crippen LogP contribution in [-0.4, -0.2) is 4.98 Å². The van der Waals surface area contributed by atoms with E-state index in [2.05, 4.69) is 96.5 Å². The fourth-order valence-electron chi connectivity index (χ4n) is 5.03. The smallest absolute Gasteiger partial charge is 0.136 e. The van der Waals surface area contributed by atoms with Gasteiger partial charge < -0.3 is 4.74 Å². The van der Waals surface area contributed by atoms with Crippen molar-refractivity contribution in [1.29, 1.82) is 0 Å². The average molecular weight is 518 g/mol. The van der Waals surface area contributed by atoms with Gasteiger partial charge in [-0.3, -0.25) is 0 Å². The molecule has 0 fully saturated rings. The number of rotatable bonds is 4. The van der Waals surface area contributed by atoms with Crippen LogP contribution in [0.3, 0.4) is 0 Å². The van der Waals surface area contributed by atoms with E-state index in [1.807, 2.05) is 42.5 Å². The van der Waals surface area contributed by atoms with Crippen molar-refractivity contribution >= 4 is 15.9 Å². The van der Waals surface area contributed by atoms with Gasteiger partial charge in [-0.2, -0.15) is 0 Å². The Bertz CT molecular complexity index is 1560. The first-order chi connectivity index (χ1) is 17.0. The summed E-state index contributed by atoms with van der Waals surface area (Å²) in [5, 5.41) is 0. The Kier molecular flexibility index (Phi) is 5.31. The lowest BCUT2D eigenvalue weighted by atomic mass is 9.81. The monoisotopic (exact) mass is 517 g/mol. The maximum Gasteiger partial charge on any atom is 0.136 e. The first kappa shape index (κ1) is 21.8. The Hall–Kier alpha value is -3.69. The molecule has 0 bridgehead atoms. The summed E-state index contributed by atoms with van der Waals surface area (Å²) < 4.78 is 7.56. The zero-order valence-electron chi connectivity index (χ0n) is 19.6. The van der Waals surface area contributed by atoms with Crippen molar-refractivity contribution in [3.05, 3.63) is 125 Å². The van der Waals surface area contributed by atoms with Gasteiger partial charge in [0, 0.05) is 26.6 Å². The maximum absolute atomic E-state index is 6.57. The van der Waals surface area contributed by atoms with Crippen LogP contribution in [0.5, 0.6) is 11.5 Å². The molecule has 1 aliphatic carbocycles. The summed E-state index contributed by atoms with van der Waals surface area (Å²) in [6.07, 6.45) is 0. The predicted molar refractivity (Wildman–Crippen MR) is 147 cm³/mol. The number of aromatic nitrogens is 1. The molecule has 0 radical (unpaired) electrons. The third-order valence-electron chi connectivity index (χ3n) is 6.78. The molecule has 1 aromatic heterocycles. The van der Waals surface area contributed by atoms with Gasteiger partial charge in [-0.1, -0.05) is 96.5 Å². The van der Waals surface area contributed by atoms with Crippen LogP contribution in [0.1, 0.15) is 25.0 Å². The van der Waals surface area contributed by atoms with Gasteiger partial charge in [-0.25, -0.2) is 4.98 Å². The first-order valence-corrected chi connectivity index (χ1v) is 12.5. The van der Waals surface area contributed by atoms with E-state index >= 15 is 0 Å². The van der Waals surface area contributed by atoms with Crippen molar-refractivity contribution in [3.8, 4) is 45.1 Å². The molecule has 6 rings (SSSR count). The van der Waals surface area contributed by atoms with Gasteiger partial charge in [0.25, 0.3) is 0 Å². The number of nitrogens with zero attached hydrogens (tertiary/aromatic N) is 1. The van der Waals surface area contributed by atoms with Crippen LogP contribution in [0, 0.1) is 0 Å². The van der Waals surface area contributed by atoms with Crippen molar-refractivity contribution in [2.45, 2.75) is 19.3 Å².